The molecular weight excluding hydrogens is 188 g/mol. The Bertz CT molecular complexity index is 234. The molecule has 0 heterocycles. The van der Waals surface area contributed by atoms with Crippen LogP contribution >= 0.6 is 0 Å². The van der Waals surface area contributed by atoms with Crippen LogP contribution in [0.4, 0.5) is 0 Å². The molecule has 1 aliphatic carbocycles. The van der Waals surface area contributed by atoms with E-state index in [4.69, 9.17) is 5.26 Å². The number of nitriles is 1. The van der Waals surface area contributed by atoms with Crippen molar-refractivity contribution in [1.82, 2.24) is 4.90 Å². The summed E-state index contributed by atoms with van der Waals surface area (Å²) in [7, 11) is 2.01. The Hall–Kier alpha value is -0.590. The van der Waals surface area contributed by atoms with Crippen LogP contribution in [0.2, 0.25) is 0 Å². The van der Waals surface area contributed by atoms with Gasteiger partial charge in [-0.1, -0.05) is 6.92 Å². The maximum Gasteiger partial charge on any atom is 0.0672 e. The van der Waals surface area contributed by atoms with Crippen molar-refractivity contribution in [1.29, 1.82) is 5.26 Å². The highest BCUT2D eigenvalue weighted by Crippen LogP contribution is 2.31. The van der Waals surface area contributed by atoms with Gasteiger partial charge in [0.1, 0.15) is 0 Å². The molecule has 4 atom stereocenters. The Labute approximate surface area is 92.7 Å². The summed E-state index contributed by atoms with van der Waals surface area (Å²) in [6.07, 6.45) is 2.94. The summed E-state index contributed by atoms with van der Waals surface area (Å²) in [6, 6.07) is 2.73. The number of rotatable bonds is 3. The average molecular weight is 210 g/mol. The van der Waals surface area contributed by atoms with Crippen molar-refractivity contribution in [2.75, 3.05) is 13.6 Å². The first-order valence-electron chi connectivity index (χ1n) is 5.82. The summed E-state index contributed by atoms with van der Waals surface area (Å²) in [4.78, 5) is 2.15. The molecule has 0 aromatic heterocycles. The van der Waals surface area contributed by atoms with Crippen LogP contribution in [0, 0.1) is 23.2 Å². The van der Waals surface area contributed by atoms with Gasteiger partial charge in [-0.25, -0.2) is 0 Å². The summed E-state index contributed by atoms with van der Waals surface area (Å²) < 4.78 is 0. The zero-order chi connectivity index (χ0) is 11.4. The molecule has 3 heteroatoms. The van der Waals surface area contributed by atoms with Crippen molar-refractivity contribution in [3.63, 3.8) is 0 Å². The summed E-state index contributed by atoms with van der Waals surface area (Å²) >= 11 is 0. The summed E-state index contributed by atoms with van der Waals surface area (Å²) in [6.45, 7) is 4.70. The largest absolute Gasteiger partial charge is 0.392 e. The topological polar surface area (TPSA) is 47.3 Å². The number of hydrogen-bond acceptors (Lipinski definition) is 3. The zero-order valence-corrected chi connectivity index (χ0v) is 9.98. The minimum atomic E-state index is -0.313. The smallest absolute Gasteiger partial charge is 0.0672 e. The molecule has 4 unspecified atom stereocenters. The van der Waals surface area contributed by atoms with Gasteiger partial charge in [0.2, 0.25) is 0 Å². The van der Waals surface area contributed by atoms with Crippen molar-refractivity contribution >= 4 is 0 Å². The van der Waals surface area contributed by atoms with Gasteiger partial charge >= 0.3 is 0 Å². The van der Waals surface area contributed by atoms with Crippen molar-refractivity contribution in [2.24, 2.45) is 11.8 Å². The lowest BCUT2D eigenvalue weighted by Gasteiger charge is -2.37. The molecule has 1 fully saturated rings. The molecule has 0 aromatic carbocycles. The molecular formula is C12H22N2O. The molecule has 1 aliphatic rings. The first-order valence-corrected chi connectivity index (χ1v) is 5.82. The predicted molar refractivity (Wildman–Crippen MR) is 60.2 cm³/mol. The second kappa shape index (κ2) is 5.48. The van der Waals surface area contributed by atoms with Crippen LogP contribution in [0.25, 0.3) is 0 Å². The molecule has 0 spiro atoms. The number of likely N-dealkylation sites (N-methyl/N-ethyl adjacent to an activating group) is 1. The standard InChI is InChI=1S/C12H22N2O/c1-9-4-5-11(7-13)12(6-9)14(3)8-10(2)15/h9-12,15H,4-6,8H2,1-3H3. The van der Waals surface area contributed by atoms with Crippen LogP contribution in [0.5, 0.6) is 0 Å². The number of aliphatic hydroxyl groups is 1. The fourth-order valence-corrected chi connectivity index (χ4v) is 2.54. The first-order chi connectivity index (χ1) is 7.04. The van der Waals surface area contributed by atoms with Gasteiger partial charge in [0.15, 0.2) is 0 Å². The maximum atomic E-state index is 9.35. The minimum absolute atomic E-state index is 0.143. The highest BCUT2D eigenvalue weighted by molar-refractivity contribution is 4.96. The minimum Gasteiger partial charge on any atom is -0.392 e. The van der Waals surface area contributed by atoms with E-state index in [1.54, 1.807) is 6.92 Å². The van der Waals surface area contributed by atoms with Gasteiger partial charge in [-0.05, 0) is 39.2 Å². The lowest BCUT2D eigenvalue weighted by atomic mass is 9.79. The number of nitrogens with zero attached hydrogens (tertiary/aromatic N) is 2. The van der Waals surface area contributed by atoms with Crippen molar-refractivity contribution in [3.05, 3.63) is 0 Å². The summed E-state index contributed by atoms with van der Waals surface area (Å²) in [5.74, 6) is 0.848. The monoisotopic (exact) mass is 210 g/mol. The predicted octanol–water partition coefficient (Wildman–Crippen LogP) is 1.63. The van der Waals surface area contributed by atoms with E-state index in [9.17, 15) is 5.11 Å². The molecule has 86 valence electrons. The van der Waals surface area contributed by atoms with E-state index in [0.717, 1.165) is 19.3 Å². The van der Waals surface area contributed by atoms with Gasteiger partial charge in [0, 0.05) is 12.6 Å². The molecule has 0 radical (unpaired) electrons. The van der Waals surface area contributed by atoms with Crippen LogP contribution in [-0.2, 0) is 0 Å². The molecule has 0 aromatic rings. The Morgan fingerprint density at radius 1 is 1.53 bits per heavy atom. The quantitative estimate of drug-likeness (QED) is 0.770. The SMILES string of the molecule is CC(O)CN(C)C1CC(C)CCC1C#N. The van der Waals surface area contributed by atoms with E-state index >= 15 is 0 Å². The molecule has 15 heavy (non-hydrogen) atoms. The normalized spacial score (nSPS) is 33.7. The third kappa shape index (κ3) is 3.48. The van der Waals surface area contributed by atoms with E-state index in [-0.39, 0.29) is 12.0 Å². The first kappa shape index (κ1) is 12.5. The lowest BCUT2D eigenvalue weighted by Crippen LogP contribution is -2.44. The zero-order valence-electron chi connectivity index (χ0n) is 9.98. The summed E-state index contributed by atoms with van der Waals surface area (Å²) in [5, 5.41) is 18.4. The third-order valence-electron chi connectivity index (χ3n) is 3.36. The fraction of sp³-hybridized carbons (Fsp3) is 0.917. The van der Waals surface area contributed by atoms with Crippen molar-refractivity contribution < 1.29 is 5.11 Å². The van der Waals surface area contributed by atoms with Crippen LogP contribution in [0.1, 0.15) is 33.1 Å². The second-order valence-corrected chi connectivity index (χ2v) is 5.01. The van der Waals surface area contributed by atoms with Crippen LogP contribution in [0.15, 0.2) is 0 Å². The summed E-state index contributed by atoms with van der Waals surface area (Å²) in [5.41, 5.74) is 0. The van der Waals surface area contributed by atoms with E-state index in [2.05, 4.69) is 17.9 Å². The van der Waals surface area contributed by atoms with Crippen LogP contribution in [-0.4, -0.2) is 35.7 Å². The number of aliphatic hydroxyl groups excluding tert-OH is 1. The lowest BCUT2D eigenvalue weighted by molar-refractivity contribution is 0.0765. The van der Waals surface area contributed by atoms with Gasteiger partial charge in [0.05, 0.1) is 18.1 Å². The fourth-order valence-electron chi connectivity index (χ4n) is 2.54. The highest BCUT2D eigenvalue weighted by Gasteiger charge is 2.31. The van der Waals surface area contributed by atoms with E-state index in [1.165, 1.54) is 0 Å². The Morgan fingerprint density at radius 3 is 2.73 bits per heavy atom. The molecule has 3 nitrogen and oxygen atoms in total. The Kier molecular flexibility index (Phi) is 4.56. The number of hydrogen-bond donors (Lipinski definition) is 1. The molecule has 0 saturated heterocycles. The van der Waals surface area contributed by atoms with Gasteiger partial charge < -0.3 is 5.11 Å². The highest BCUT2D eigenvalue weighted by atomic mass is 16.3. The maximum absolute atomic E-state index is 9.35. The molecule has 0 aliphatic heterocycles. The van der Waals surface area contributed by atoms with E-state index in [0.29, 0.717) is 18.5 Å². The third-order valence-corrected chi connectivity index (χ3v) is 3.36. The van der Waals surface area contributed by atoms with Crippen LogP contribution < -0.4 is 0 Å². The van der Waals surface area contributed by atoms with E-state index < -0.39 is 0 Å². The van der Waals surface area contributed by atoms with Crippen LogP contribution in [0.3, 0.4) is 0 Å². The Balaban J connectivity index is 2.58. The van der Waals surface area contributed by atoms with Gasteiger partial charge in [-0.15, -0.1) is 0 Å². The van der Waals surface area contributed by atoms with E-state index in [1.807, 2.05) is 7.05 Å². The Morgan fingerprint density at radius 2 is 2.20 bits per heavy atom. The van der Waals surface area contributed by atoms with Crippen molar-refractivity contribution in [3.8, 4) is 6.07 Å². The average Bonchev–Trinajstić information content (AvgIpc) is 2.16. The molecule has 1 saturated carbocycles. The van der Waals surface area contributed by atoms with Crippen molar-refractivity contribution in [2.45, 2.75) is 45.3 Å². The molecule has 0 amide bonds. The van der Waals surface area contributed by atoms with Gasteiger partial charge in [-0.3, -0.25) is 4.90 Å². The molecule has 1 rings (SSSR count). The second-order valence-electron chi connectivity index (χ2n) is 5.01. The van der Waals surface area contributed by atoms with Gasteiger partial charge in [-0.2, -0.15) is 5.26 Å². The molecule has 0 bridgehead atoms. The molecule has 1 N–H and O–H groups in total. The van der Waals surface area contributed by atoms with Gasteiger partial charge in [0.25, 0.3) is 0 Å².